The zero-order valence-electron chi connectivity index (χ0n) is 8.34. The van der Waals surface area contributed by atoms with Crippen molar-refractivity contribution in [1.82, 2.24) is 0 Å². The Morgan fingerprint density at radius 3 is 2.86 bits per heavy atom. The molecule has 0 fully saturated rings. The molecule has 1 aromatic carbocycles. The van der Waals surface area contributed by atoms with E-state index in [1.165, 1.54) is 12.1 Å². The first-order valence-corrected chi connectivity index (χ1v) is 4.74. The van der Waals surface area contributed by atoms with Crippen molar-refractivity contribution in [2.75, 3.05) is 5.32 Å². The Balaban J connectivity index is 2.26. The molecule has 0 aromatic heterocycles. The summed E-state index contributed by atoms with van der Waals surface area (Å²) in [6, 6.07) is 4.64. The van der Waals surface area contributed by atoms with Crippen molar-refractivity contribution in [1.29, 1.82) is 0 Å². The lowest BCUT2D eigenvalue weighted by molar-refractivity contribution is 0.0614. The molecule has 0 spiro atoms. The third-order valence-corrected chi connectivity index (χ3v) is 2.67. The highest BCUT2D eigenvalue weighted by molar-refractivity contribution is 5.57. The Morgan fingerprint density at radius 2 is 2.21 bits per heavy atom. The molecule has 0 aliphatic carbocycles. The van der Waals surface area contributed by atoms with Gasteiger partial charge in [0.15, 0.2) is 0 Å². The van der Waals surface area contributed by atoms with Gasteiger partial charge >= 0.3 is 0 Å². The molecule has 2 rings (SSSR count). The summed E-state index contributed by atoms with van der Waals surface area (Å²) in [5, 5.41) is 13.0. The van der Waals surface area contributed by atoms with E-state index in [9.17, 15) is 9.50 Å². The van der Waals surface area contributed by atoms with Crippen LogP contribution in [0, 0.1) is 5.82 Å². The Labute approximate surface area is 82.8 Å². The van der Waals surface area contributed by atoms with Crippen molar-refractivity contribution in [3.05, 3.63) is 29.6 Å². The predicted molar refractivity (Wildman–Crippen MR) is 53.8 cm³/mol. The molecule has 1 unspecified atom stereocenters. The van der Waals surface area contributed by atoms with Crippen LogP contribution >= 0.6 is 0 Å². The molecular formula is C11H14FNO. The number of nitrogens with one attached hydrogen (secondary N) is 1. The van der Waals surface area contributed by atoms with Crippen molar-refractivity contribution < 1.29 is 9.50 Å². The molecule has 2 nitrogen and oxygen atoms in total. The molecule has 14 heavy (non-hydrogen) atoms. The average Bonchev–Trinajstić information content (AvgIpc) is 2.45. The summed E-state index contributed by atoms with van der Waals surface area (Å²) in [4.78, 5) is 0. The number of anilines is 1. The van der Waals surface area contributed by atoms with Crippen LogP contribution in [0.25, 0.3) is 0 Å². The molecule has 0 bridgehead atoms. The van der Waals surface area contributed by atoms with Gasteiger partial charge in [-0.1, -0.05) is 0 Å². The molecule has 0 amide bonds. The maximum absolute atomic E-state index is 12.9. The van der Waals surface area contributed by atoms with Gasteiger partial charge in [-0.2, -0.15) is 0 Å². The fourth-order valence-corrected chi connectivity index (χ4v) is 1.76. The predicted octanol–water partition coefficient (Wildman–Crippen LogP) is 1.93. The standard InChI is InChI=1S/C11H14FNO/c1-11(2,14)10-6-7-5-8(12)3-4-9(7)13-10/h3-5,10,13-14H,6H2,1-2H3. The van der Waals surface area contributed by atoms with Crippen molar-refractivity contribution in [3.63, 3.8) is 0 Å². The van der Waals surface area contributed by atoms with Crippen LogP contribution in [0.4, 0.5) is 10.1 Å². The van der Waals surface area contributed by atoms with Gasteiger partial charge in [-0.05, 0) is 44.0 Å². The van der Waals surface area contributed by atoms with Gasteiger partial charge in [0.05, 0.1) is 11.6 Å². The Kier molecular flexibility index (Phi) is 2.00. The maximum Gasteiger partial charge on any atom is 0.123 e. The van der Waals surface area contributed by atoms with Gasteiger partial charge in [-0.15, -0.1) is 0 Å². The zero-order chi connectivity index (χ0) is 10.3. The third-order valence-electron chi connectivity index (χ3n) is 2.67. The quantitative estimate of drug-likeness (QED) is 0.717. The highest BCUT2D eigenvalue weighted by Gasteiger charge is 2.32. The second-order valence-electron chi connectivity index (χ2n) is 4.36. The number of halogens is 1. The average molecular weight is 195 g/mol. The smallest absolute Gasteiger partial charge is 0.123 e. The highest BCUT2D eigenvalue weighted by Crippen LogP contribution is 2.30. The minimum atomic E-state index is -0.782. The molecule has 2 N–H and O–H groups in total. The lowest BCUT2D eigenvalue weighted by atomic mass is 9.96. The van der Waals surface area contributed by atoms with Gasteiger partial charge < -0.3 is 10.4 Å². The second kappa shape index (κ2) is 2.95. The summed E-state index contributed by atoms with van der Waals surface area (Å²) in [5.41, 5.74) is 1.09. The molecule has 0 saturated heterocycles. The topological polar surface area (TPSA) is 32.3 Å². The maximum atomic E-state index is 12.9. The van der Waals surface area contributed by atoms with Crippen LogP contribution in [0.1, 0.15) is 19.4 Å². The summed E-state index contributed by atoms with van der Waals surface area (Å²) < 4.78 is 12.9. The fourth-order valence-electron chi connectivity index (χ4n) is 1.76. The van der Waals surface area contributed by atoms with Gasteiger partial charge in [-0.3, -0.25) is 0 Å². The molecule has 1 aliphatic rings. The van der Waals surface area contributed by atoms with Crippen LogP contribution < -0.4 is 5.32 Å². The van der Waals surface area contributed by atoms with Crippen LogP contribution in [-0.2, 0) is 6.42 Å². The molecule has 0 radical (unpaired) electrons. The van der Waals surface area contributed by atoms with Crippen LogP contribution in [0.3, 0.4) is 0 Å². The normalized spacial score (nSPS) is 20.4. The van der Waals surface area contributed by atoms with Gasteiger partial charge in [0.2, 0.25) is 0 Å². The van der Waals surface area contributed by atoms with Crippen LogP contribution in [-0.4, -0.2) is 16.7 Å². The van der Waals surface area contributed by atoms with Crippen molar-refractivity contribution in [3.8, 4) is 0 Å². The third kappa shape index (κ3) is 1.60. The first-order chi connectivity index (χ1) is 6.47. The highest BCUT2D eigenvalue weighted by atomic mass is 19.1. The minimum Gasteiger partial charge on any atom is -0.388 e. The lowest BCUT2D eigenvalue weighted by Gasteiger charge is -2.25. The molecule has 1 heterocycles. The van der Waals surface area contributed by atoms with E-state index in [0.29, 0.717) is 6.42 Å². The summed E-state index contributed by atoms with van der Waals surface area (Å²) >= 11 is 0. The van der Waals surface area contributed by atoms with Gasteiger partial charge in [-0.25, -0.2) is 4.39 Å². The fraction of sp³-hybridized carbons (Fsp3) is 0.455. The molecule has 0 saturated carbocycles. The van der Waals surface area contributed by atoms with Crippen molar-refractivity contribution in [2.24, 2.45) is 0 Å². The van der Waals surface area contributed by atoms with E-state index in [1.54, 1.807) is 19.9 Å². The van der Waals surface area contributed by atoms with Crippen LogP contribution in [0.15, 0.2) is 18.2 Å². The molecular weight excluding hydrogens is 181 g/mol. The van der Waals surface area contributed by atoms with E-state index >= 15 is 0 Å². The Hall–Kier alpha value is -1.09. The first kappa shape index (κ1) is 9.46. The van der Waals surface area contributed by atoms with Crippen LogP contribution in [0.2, 0.25) is 0 Å². The lowest BCUT2D eigenvalue weighted by Crippen LogP contribution is -2.40. The molecule has 1 aliphatic heterocycles. The van der Waals surface area contributed by atoms with Crippen LogP contribution in [0.5, 0.6) is 0 Å². The SMILES string of the molecule is CC(C)(O)C1Cc2cc(F)ccc2N1. The second-order valence-corrected chi connectivity index (χ2v) is 4.36. The molecule has 1 atom stereocenters. The molecule has 76 valence electrons. The van der Waals surface area contributed by atoms with Crippen molar-refractivity contribution in [2.45, 2.75) is 31.9 Å². The van der Waals surface area contributed by atoms with Crippen molar-refractivity contribution >= 4 is 5.69 Å². The van der Waals surface area contributed by atoms with E-state index in [0.717, 1.165) is 11.3 Å². The number of hydrogen-bond donors (Lipinski definition) is 2. The largest absolute Gasteiger partial charge is 0.388 e. The summed E-state index contributed by atoms with van der Waals surface area (Å²) in [7, 11) is 0. The number of aliphatic hydroxyl groups is 1. The Morgan fingerprint density at radius 1 is 1.50 bits per heavy atom. The minimum absolute atomic E-state index is 0.0284. The van der Waals surface area contributed by atoms with E-state index in [1.807, 2.05) is 0 Å². The van der Waals surface area contributed by atoms with E-state index < -0.39 is 5.60 Å². The van der Waals surface area contributed by atoms with Gasteiger partial charge in [0.1, 0.15) is 5.82 Å². The number of hydrogen-bond acceptors (Lipinski definition) is 2. The number of rotatable bonds is 1. The van der Waals surface area contributed by atoms with Gasteiger partial charge in [0.25, 0.3) is 0 Å². The van der Waals surface area contributed by atoms with Gasteiger partial charge in [0, 0.05) is 5.69 Å². The number of benzene rings is 1. The monoisotopic (exact) mass is 195 g/mol. The van der Waals surface area contributed by atoms with E-state index in [-0.39, 0.29) is 11.9 Å². The van der Waals surface area contributed by atoms with E-state index in [2.05, 4.69) is 5.32 Å². The summed E-state index contributed by atoms with van der Waals surface area (Å²) in [5.74, 6) is -0.220. The molecule has 3 heteroatoms. The summed E-state index contributed by atoms with van der Waals surface area (Å²) in [6.07, 6.45) is 0.677. The van der Waals surface area contributed by atoms with E-state index in [4.69, 9.17) is 0 Å². The zero-order valence-corrected chi connectivity index (χ0v) is 8.34. The molecule has 1 aromatic rings. The summed E-state index contributed by atoms with van der Waals surface area (Å²) in [6.45, 7) is 3.51. The first-order valence-electron chi connectivity index (χ1n) is 4.74. The Bertz CT molecular complexity index is 357. The number of fused-ring (bicyclic) bond motifs is 1.